The van der Waals surface area contributed by atoms with Crippen molar-refractivity contribution in [2.24, 2.45) is 0 Å². The summed E-state index contributed by atoms with van der Waals surface area (Å²) < 4.78 is 13.1. The lowest BCUT2D eigenvalue weighted by Crippen LogP contribution is -2.41. The van der Waals surface area contributed by atoms with E-state index in [0.29, 0.717) is 0 Å². The molecule has 2 aromatic carbocycles. The largest absolute Gasteiger partial charge is 0.495 e. The monoisotopic (exact) mass is 426 g/mol. The van der Waals surface area contributed by atoms with Gasteiger partial charge in [-0.05, 0) is 79.4 Å². The summed E-state index contributed by atoms with van der Waals surface area (Å²) in [6.45, 7) is 13.4. The third-order valence-electron chi connectivity index (χ3n) is 9.27. The number of fused-ring (bicyclic) bond motifs is 6. The zero-order valence-electron chi connectivity index (χ0n) is 20.5. The Morgan fingerprint density at radius 1 is 0.688 bits per heavy atom. The number of rotatable bonds is 1. The highest BCUT2D eigenvalue weighted by atomic mass is 16.7. The summed E-state index contributed by atoms with van der Waals surface area (Å²) in [4.78, 5) is 0. The molecule has 0 radical (unpaired) electrons. The van der Waals surface area contributed by atoms with Crippen molar-refractivity contribution in [3.63, 3.8) is 0 Å². The van der Waals surface area contributed by atoms with Gasteiger partial charge < -0.3 is 9.31 Å². The van der Waals surface area contributed by atoms with Crippen LogP contribution in [0.5, 0.6) is 0 Å². The lowest BCUT2D eigenvalue weighted by molar-refractivity contribution is 0.00578. The minimum Gasteiger partial charge on any atom is -0.399 e. The molecule has 3 heteroatoms. The van der Waals surface area contributed by atoms with Crippen LogP contribution < -0.4 is 5.46 Å². The topological polar surface area (TPSA) is 18.5 Å². The summed E-state index contributed by atoms with van der Waals surface area (Å²) in [5.74, 6) is 0. The first-order chi connectivity index (χ1) is 15.1. The fourth-order valence-corrected chi connectivity index (χ4v) is 7.11. The molecule has 0 bridgehead atoms. The van der Waals surface area contributed by atoms with Crippen LogP contribution in [0.3, 0.4) is 0 Å². The van der Waals surface area contributed by atoms with Crippen LogP contribution in [-0.4, -0.2) is 18.3 Å². The quantitative estimate of drug-likeness (QED) is 0.491. The van der Waals surface area contributed by atoms with E-state index < -0.39 is 0 Å². The molecule has 2 fully saturated rings. The zero-order chi connectivity index (χ0) is 22.5. The Kier molecular flexibility index (Phi) is 4.14. The van der Waals surface area contributed by atoms with Crippen molar-refractivity contribution < 1.29 is 9.31 Å². The minimum absolute atomic E-state index is 0.0814. The molecular weight excluding hydrogens is 391 g/mol. The van der Waals surface area contributed by atoms with E-state index in [-0.39, 0.29) is 29.2 Å². The van der Waals surface area contributed by atoms with E-state index in [4.69, 9.17) is 9.31 Å². The van der Waals surface area contributed by atoms with Crippen molar-refractivity contribution in [2.45, 2.75) is 95.7 Å². The second kappa shape index (κ2) is 6.39. The Morgan fingerprint density at radius 3 is 2.00 bits per heavy atom. The Balaban J connectivity index is 1.57. The average Bonchev–Trinajstić information content (AvgIpc) is 3.26. The summed E-state index contributed by atoms with van der Waals surface area (Å²) in [6, 6.07) is 16.1. The van der Waals surface area contributed by atoms with Crippen molar-refractivity contribution >= 4 is 23.7 Å². The van der Waals surface area contributed by atoms with Gasteiger partial charge in [-0.2, -0.15) is 0 Å². The lowest BCUT2D eigenvalue weighted by Gasteiger charge is -2.38. The van der Waals surface area contributed by atoms with Crippen molar-refractivity contribution in [1.82, 2.24) is 0 Å². The molecule has 1 saturated heterocycles. The highest BCUT2D eigenvalue weighted by Gasteiger charge is 2.57. The summed E-state index contributed by atoms with van der Waals surface area (Å²) in [5, 5.41) is 0. The molecule has 0 unspecified atom stereocenters. The molecule has 166 valence electrons. The second-order valence-corrected chi connectivity index (χ2v) is 11.9. The molecule has 1 heterocycles. The van der Waals surface area contributed by atoms with E-state index in [2.05, 4.69) is 84.0 Å². The summed E-state index contributed by atoms with van der Waals surface area (Å²) in [6.07, 6.45) is 6.52. The summed E-state index contributed by atoms with van der Waals surface area (Å²) in [5.41, 5.74) is 9.69. The minimum atomic E-state index is -0.337. The number of hydrogen-bond donors (Lipinski definition) is 0. The third-order valence-corrected chi connectivity index (χ3v) is 9.27. The Hall–Kier alpha value is -1.84. The molecule has 32 heavy (non-hydrogen) atoms. The molecule has 1 aliphatic heterocycles. The molecule has 2 nitrogen and oxygen atoms in total. The lowest BCUT2D eigenvalue weighted by atomic mass is 9.63. The van der Waals surface area contributed by atoms with Crippen LogP contribution in [-0.2, 0) is 20.1 Å². The van der Waals surface area contributed by atoms with Crippen LogP contribution in [0.4, 0.5) is 0 Å². The predicted octanol–water partition coefficient (Wildman–Crippen LogP) is 6.40. The van der Waals surface area contributed by atoms with Gasteiger partial charge in [0.1, 0.15) is 0 Å². The van der Waals surface area contributed by atoms with E-state index >= 15 is 0 Å². The average molecular weight is 426 g/mol. The number of hydrogen-bond acceptors (Lipinski definition) is 2. The highest BCUT2D eigenvalue weighted by Crippen LogP contribution is 2.65. The molecule has 3 aliphatic carbocycles. The van der Waals surface area contributed by atoms with Crippen LogP contribution in [0.25, 0.3) is 11.1 Å². The van der Waals surface area contributed by atoms with Gasteiger partial charge in [0, 0.05) is 10.8 Å². The molecule has 1 saturated carbocycles. The normalized spacial score (nSPS) is 25.8. The molecule has 0 amide bonds. The standard InChI is InChI=1S/C29H35BO2/c1-26(2)23-20(14-12-16-22(23)30-31-27(3,4)28(5,6)32-30)25-24(26)19-13-8-9-15-21(19)29(25)17-10-7-11-18-29/h8-9,12-16H,7,10-11,17-18H2,1-6H3. The summed E-state index contributed by atoms with van der Waals surface area (Å²) in [7, 11) is -0.327. The molecule has 4 aliphatic rings. The fourth-order valence-electron chi connectivity index (χ4n) is 7.11. The molecule has 2 aromatic rings. The van der Waals surface area contributed by atoms with E-state index in [9.17, 15) is 0 Å². The van der Waals surface area contributed by atoms with Crippen molar-refractivity contribution in [1.29, 1.82) is 0 Å². The van der Waals surface area contributed by atoms with Gasteiger partial charge in [0.2, 0.25) is 0 Å². The number of benzene rings is 2. The van der Waals surface area contributed by atoms with E-state index in [1.54, 1.807) is 16.7 Å². The van der Waals surface area contributed by atoms with Crippen LogP contribution in [0.15, 0.2) is 42.5 Å². The molecule has 6 rings (SSSR count). The maximum absolute atomic E-state index is 6.56. The Labute approximate surface area is 193 Å². The zero-order valence-corrected chi connectivity index (χ0v) is 20.5. The molecule has 0 atom stereocenters. The molecule has 0 N–H and O–H groups in total. The van der Waals surface area contributed by atoms with Gasteiger partial charge in [-0.25, -0.2) is 0 Å². The summed E-state index contributed by atoms with van der Waals surface area (Å²) >= 11 is 0. The fraction of sp³-hybridized carbons (Fsp3) is 0.517. The van der Waals surface area contributed by atoms with Crippen LogP contribution in [0, 0.1) is 0 Å². The van der Waals surface area contributed by atoms with E-state index in [0.717, 1.165) is 0 Å². The first kappa shape index (κ1) is 20.7. The molecular formula is C29H35BO2. The predicted molar refractivity (Wildman–Crippen MR) is 133 cm³/mol. The van der Waals surface area contributed by atoms with Crippen LogP contribution in [0.2, 0.25) is 0 Å². The van der Waals surface area contributed by atoms with Crippen molar-refractivity contribution in [2.75, 3.05) is 0 Å². The second-order valence-electron chi connectivity index (χ2n) is 11.9. The molecule has 1 spiro atoms. The first-order valence-electron chi connectivity index (χ1n) is 12.4. The van der Waals surface area contributed by atoms with Gasteiger partial charge in [-0.15, -0.1) is 0 Å². The maximum atomic E-state index is 6.56. The van der Waals surface area contributed by atoms with Crippen LogP contribution >= 0.6 is 0 Å². The van der Waals surface area contributed by atoms with Crippen LogP contribution in [0.1, 0.15) is 95.9 Å². The number of allylic oxidation sites excluding steroid dienone is 2. The smallest absolute Gasteiger partial charge is 0.399 e. The van der Waals surface area contributed by atoms with E-state index in [1.165, 1.54) is 54.3 Å². The molecule has 0 aromatic heterocycles. The van der Waals surface area contributed by atoms with Gasteiger partial charge in [0.05, 0.1) is 11.2 Å². The Bertz CT molecular complexity index is 1130. The Morgan fingerprint density at radius 2 is 1.31 bits per heavy atom. The SMILES string of the molecule is CC1(C)C2=C(c3cccc(B4OC(C)(C)C(C)(C)O4)c31)C1(CCCCC1)c1ccccc12. The first-order valence-corrected chi connectivity index (χ1v) is 12.4. The van der Waals surface area contributed by atoms with Gasteiger partial charge in [-0.3, -0.25) is 0 Å². The third kappa shape index (κ3) is 2.45. The van der Waals surface area contributed by atoms with E-state index in [1.807, 2.05) is 0 Å². The van der Waals surface area contributed by atoms with Gasteiger partial charge >= 0.3 is 7.12 Å². The highest BCUT2D eigenvalue weighted by molar-refractivity contribution is 6.63. The van der Waals surface area contributed by atoms with Crippen molar-refractivity contribution in [3.8, 4) is 0 Å². The van der Waals surface area contributed by atoms with Gasteiger partial charge in [0.25, 0.3) is 0 Å². The van der Waals surface area contributed by atoms with Gasteiger partial charge in [-0.1, -0.05) is 75.6 Å². The maximum Gasteiger partial charge on any atom is 0.495 e. The van der Waals surface area contributed by atoms with Crippen molar-refractivity contribution in [3.05, 3.63) is 64.7 Å². The van der Waals surface area contributed by atoms with Gasteiger partial charge in [0.15, 0.2) is 0 Å².